The van der Waals surface area contributed by atoms with Crippen molar-refractivity contribution in [1.82, 2.24) is 0 Å². The fourth-order valence-corrected chi connectivity index (χ4v) is 2.60. The molecule has 0 spiro atoms. The van der Waals surface area contributed by atoms with Gasteiger partial charge in [-0.1, -0.05) is 11.6 Å². The van der Waals surface area contributed by atoms with E-state index in [1.54, 1.807) is 13.0 Å². The number of ketones is 1. The highest BCUT2D eigenvalue weighted by atomic mass is 35.5. The summed E-state index contributed by atoms with van der Waals surface area (Å²) >= 11 is 6.12. The fraction of sp³-hybridized carbons (Fsp3) is 0.462. The van der Waals surface area contributed by atoms with Crippen molar-refractivity contribution in [2.75, 3.05) is 0 Å². The number of hydrogen-bond acceptors (Lipinski definition) is 1. The molecule has 1 nitrogen and oxygen atoms in total. The molecule has 2 rings (SSSR count). The Morgan fingerprint density at radius 1 is 1.31 bits per heavy atom. The van der Waals surface area contributed by atoms with Crippen LogP contribution in [0, 0.1) is 12.7 Å². The second-order valence-electron chi connectivity index (χ2n) is 4.44. The predicted octanol–water partition coefficient (Wildman–Crippen LogP) is 4.01. The summed E-state index contributed by atoms with van der Waals surface area (Å²) in [6.07, 6.45) is 2.77. The molecule has 86 valence electrons. The van der Waals surface area contributed by atoms with Crippen LogP contribution in [0.1, 0.15) is 42.7 Å². The van der Waals surface area contributed by atoms with E-state index < -0.39 is 0 Å². The van der Waals surface area contributed by atoms with Crippen LogP contribution in [-0.4, -0.2) is 5.78 Å². The second-order valence-corrected chi connectivity index (χ2v) is 4.84. The largest absolute Gasteiger partial charge is 0.300 e. The van der Waals surface area contributed by atoms with Crippen molar-refractivity contribution in [3.8, 4) is 0 Å². The van der Waals surface area contributed by atoms with Gasteiger partial charge >= 0.3 is 0 Å². The summed E-state index contributed by atoms with van der Waals surface area (Å²) in [6.45, 7) is 1.70. The quantitative estimate of drug-likeness (QED) is 0.725. The SMILES string of the molecule is Cc1cc(Cl)c(C2CCC(=O)CC2)cc1F. The van der Waals surface area contributed by atoms with Crippen molar-refractivity contribution in [3.63, 3.8) is 0 Å². The molecule has 3 heteroatoms. The van der Waals surface area contributed by atoms with E-state index in [2.05, 4.69) is 0 Å². The molecule has 0 bridgehead atoms. The molecule has 1 aromatic carbocycles. The molecule has 0 saturated heterocycles. The van der Waals surface area contributed by atoms with Gasteiger partial charge in [-0.2, -0.15) is 0 Å². The van der Waals surface area contributed by atoms with Crippen LogP contribution in [0.25, 0.3) is 0 Å². The van der Waals surface area contributed by atoms with Gasteiger partial charge in [0.15, 0.2) is 0 Å². The third kappa shape index (κ3) is 2.27. The first-order valence-corrected chi connectivity index (χ1v) is 5.93. The zero-order valence-electron chi connectivity index (χ0n) is 9.22. The zero-order chi connectivity index (χ0) is 11.7. The Hall–Kier alpha value is -0.890. The molecule has 1 aliphatic carbocycles. The average Bonchev–Trinajstić information content (AvgIpc) is 2.25. The van der Waals surface area contributed by atoms with Gasteiger partial charge < -0.3 is 0 Å². The first-order chi connectivity index (χ1) is 7.58. The van der Waals surface area contributed by atoms with Crippen LogP contribution in [-0.2, 0) is 4.79 Å². The number of carbonyl (C=O) groups excluding carboxylic acids is 1. The van der Waals surface area contributed by atoms with Crippen LogP contribution < -0.4 is 0 Å². The minimum absolute atomic E-state index is 0.212. The summed E-state index contributed by atoms with van der Waals surface area (Å²) in [5.74, 6) is 0.330. The van der Waals surface area contributed by atoms with Crippen molar-refractivity contribution in [3.05, 3.63) is 34.1 Å². The lowest BCUT2D eigenvalue weighted by Crippen LogP contribution is -2.13. The maximum absolute atomic E-state index is 13.5. The van der Waals surface area contributed by atoms with Crippen molar-refractivity contribution in [1.29, 1.82) is 0 Å². The van der Waals surface area contributed by atoms with E-state index in [4.69, 9.17) is 11.6 Å². The zero-order valence-corrected chi connectivity index (χ0v) is 9.98. The number of hydrogen-bond donors (Lipinski definition) is 0. The molecule has 0 heterocycles. The van der Waals surface area contributed by atoms with Crippen LogP contribution in [0.2, 0.25) is 5.02 Å². The number of carbonyl (C=O) groups is 1. The first kappa shape index (κ1) is 11.6. The van der Waals surface area contributed by atoms with Gasteiger partial charge in [0, 0.05) is 17.9 Å². The molecule has 0 aliphatic heterocycles. The molecule has 16 heavy (non-hydrogen) atoms. The molecule has 0 amide bonds. The second kappa shape index (κ2) is 4.54. The van der Waals surface area contributed by atoms with E-state index >= 15 is 0 Å². The third-order valence-corrected chi connectivity index (χ3v) is 3.59. The molecule has 0 unspecified atom stereocenters. The third-order valence-electron chi connectivity index (χ3n) is 3.26. The van der Waals surface area contributed by atoms with E-state index in [0.29, 0.717) is 29.2 Å². The maximum atomic E-state index is 13.5. The van der Waals surface area contributed by atoms with Gasteiger partial charge in [0.2, 0.25) is 0 Å². The number of aryl methyl sites for hydroxylation is 1. The fourth-order valence-electron chi connectivity index (χ4n) is 2.23. The van der Waals surface area contributed by atoms with Gasteiger partial charge in [-0.3, -0.25) is 4.79 Å². The summed E-state index contributed by atoms with van der Waals surface area (Å²) in [5, 5.41) is 0.623. The molecule has 1 aromatic rings. The van der Waals surface area contributed by atoms with Crippen molar-refractivity contribution >= 4 is 17.4 Å². The Morgan fingerprint density at radius 2 is 1.94 bits per heavy atom. The summed E-state index contributed by atoms with van der Waals surface area (Å²) in [6, 6.07) is 3.20. The van der Waals surface area contributed by atoms with Gasteiger partial charge in [-0.25, -0.2) is 4.39 Å². The average molecular weight is 241 g/mol. The smallest absolute Gasteiger partial charge is 0.132 e. The summed E-state index contributed by atoms with van der Waals surface area (Å²) in [7, 11) is 0. The molecule has 0 radical (unpaired) electrons. The number of halogens is 2. The van der Waals surface area contributed by atoms with Gasteiger partial charge in [0.1, 0.15) is 11.6 Å². The Labute approximate surface area is 99.6 Å². The highest BCUT2D eigenvalue weighted by Crippen LogP contribution is 2.36. The van der Waals surface area contributed by atoms with Gasteiger partial charge in [0.05, 0.1) is 0 Å². The lowest BCUT2D eigenvalue weighted by molar-refractivity contribution is -0.120. The van der Waals surface area contributed by atoms with E-state index in [1.165, 1.54) is 6.07 Å². The molecule has 1 fully saturated rings. The van der Waals surface area contributed by atoms with E-state index in [1.807, 2.05) is 0 Å². The van der Waals surface area contributed by atoms with E-state index in [9.17, 15) is 9.18 Å². The molecular weight excluding hydrogens is 227 g/mol. The van der Waals surface area contributed by atoms with Crippen molar-refractivity contribution in [2.24, 2.45) is 0 Å². The summed E-state index contributed by atoms with van der Waals surface area (Å²) in [5.41, 5.74) is 1.43. The lowest BCUT2D eigenvalue weighted by Gasteiger charge is -2.22. The molecular formula is C13H14ClFO. The molecule has 1 aliphatic rings. The van der Waals surface area contributed by atoms with Crippen LogP contribution in [0.3, 0.4) is 0 Å². The summed E-state index contributed by atoms with van der Waals surface area (Å²) in [4.78, 5) is 11.1. The molecule has 0 N–H and O–H groups in total. The maximum Gasteiger partial charge on any atom is 0.132 e. The van der Waals surface area contributed by atoms with Gasteiger partial charge in [-0.15, -0.1) is 0 Å². The molecule has 1 saturated carbocycles. The summed E-state index contributed by atoms with van der Waals surface area (Å²) < 4.78 is 13.5. The van der Waals surface area contributed by atoms with Crippen molar-refractivity contribution in [2.45, 2.75) is 38.5 Å². The lowest BCUT2D eigenvalue weighted by atomic mass is 9.83. The number of Topliss-reactive ketones (excluding diaryl/α,β-unsaturated/α-hetero) is 1. The van der Waals surface area contributed by atoms with E-state index in [-0.39, 0.29) is 11.7 Å². The van der Waals surface area contributed by atoms with Crippen LogP contribution in [0.4, 0.5) is 4.39 Å². The topological polar surface area (TPSA) is 17.1 Å². The monoisotopic (exact) mass is 240 g/mol. The van der Waals surface area contributed by atoms with E-state index in [0.717, 1.165) is 18.4 Å². The Balaban J connectivity index is 2.26. The highest BCUT2D eigenvalue weighted by Gasteiger charge is 2.22. The normalized spacial score (nSPS) is 17.8. The predicted molar refractivity (Wildman–Crippen MR) is 62.4 cm³/mol. The van der Waals surface area contributed by atoms with Gasteiger partial charge in [-0.05, 0) is 48.9 Å². The number of benzene rings is 1. The minimum atomic E-state index is -0.212. The van der Waals surface area contributed by atoms with Crippen LogP contribution in [0.5, 0.6) is 0 Å². The Kier molecular flexibility index (Phi) is 3.29. The standard InChI is InChI=1S/C13H14ClFO/c1-8-6-12(14)11(7-13(8)15)9-2-4-10(16)5-3-9/h6-7,9H,2-5H2,1H3. The Morgan fingerprint density at radius 3 is 2.56 bits per heavy atom. The Bertz CT molecular complexity index is 418. The molecule has 0 aromatic heterocycles. The van der Waals surface area contributed by atoms with Crippen LogP contribution in [0.15, 0.2) is 12.1 Å². The molecule has 0 atom stereocenters. The van der Waals surface area contributed by atoms with Crippen molar-refractivity contribution < 1.29 is 9.18 Å². The van der Waals surface area contributed by atoms with Gasteiger partial charge in [0.25, 0.3) is 0 Å². The first-order valence-electron chi connectivity index (χ1n) is 5.55. The number of rotatable bonds is 1. The van der Waals surface area contributed by atoms with Crippen LogP contribution >= 0.6 is 11.6 Å². The minimum Gasteiger partial charge on any atom is -0.300 e. The highest BCUT2D eigenvalue weighted by molar-refractivity contribution is 6.31.